The van der Waals surface area contributed by atoms with E-state index >= 15 is 0 Å². The Morgan fingerprint density at radius 3 is 2.60 bits per heavy atom. The van der Waals surface area contributed by atoms with Crippen molar-refractivity contribution in [1.82, 2.24) is 0 Å². The predicted octanol–water partition coefficient (Wildman–Crippen LogP) is 4.42. The Morgan fingerprint density at radius 2 is 2.13 bits per heavy atom. The van der Waals surface area contributed by atoms with E-state index in [0.717, 1.165) is 24.7 Å². The minimum absolute atomic E-state index is 0.140. The second-order valence-corrected chi connectivity index (χ2v) is 6.30. The van der Waals surface area contributed by atoms with Crippen molar-refractivity contribution >= 4 is 44.4 Å². The zero-order valence-electron chi connectivity index (χ0n) is 8.33. The first-order chi connectivity index (χ1) is 7.09. The van der Waals surface area contributed by atoms with E-state index in [4.69, 9.17) is 0 Å². The van der Waals surface area contributed by atoms with Gasteiger partial charge < -0.3 is 0 Å². The van der Waals surface area contributed by atoms with Crippen LogP contribution in [0.1, 0.15) is 25.0 Å². The zero-order chi connectivity index (χ0) is 11.0. The van der Waals surface area contributed by atoms with Gasteiger partial charge in [-0.3, -0.25) is 4.79 Å². The summed E-state index contributed by atoms with van der Waals surface area (Å²) >= 11 is 6.48. The molecule has 78 valence electrons. The Balaban J connectivity index is 2.41. The molecule has 1 nitrogen and oxygen atoms in total. The van der Waals surface area contributed by atoms with Crippen LogP contribution in [0.2, 0.25) is 0 Å². The highest BCUT2D eigenvalue weighted by Crippen LogP contribution is 2.30. The van der Waals surface area contributed by atoms with Gasteiger partial charge in [-0.15, -0.1) is 22.7 Å². The van der Waals surface area contributed by atoms with Gasteiger partial charge >= 0.3 is 0 Å². The van der Waals surface area contributed by atoms with Crippen LogP contribution in [0, 0.1) is 13.8 Å². The standard InChI is InChI=1S/C11H9BrOS2/c1-6-3-4-14-11(6)10(13)9-5-8(12)7(2)15-9/h3-5H,1-2H3. The summed E-state index contributed by atoms with van der Waals surface area (Å²) in [6.07, 6.45) is 0. The Morgan fingerprint density at radius 1 is 1.40 bits per heavy atom. The van der Waals surface area contributed by atoms with Gasteiger partial charge in [-0.25, -0.2) is 0 Å². The largest absolute Gasteiger partial charge is 0.287 e. The molecule has 0 atom stereocenters. The van der Waals surface area contributed by atoms with Crippen LogP contribution in [0.5, 0.6) is 0 Å². The molecular formula is C11H9BrOS2. The van der Waals surface area contributed by atoms with E-state index in [-0.39, 0.29) is 5.78 Å². The predicted molar refractivity (Wildman–Crippen MR) is 69.2 cm³/mol. The minimum atomic E-state index is 0.140. The fourth-order valence-corrected chi connectivity index (χ4v) is 3.71. The van der Waals surface area contributed by atoms with Gasteiger partial charge in [0, 0.05) is 9.35 Å². The third kappa shape index (κ3) is 2.07. The molecule has 2 heterocycles. The van der Waals surface area contributed by atoms with E-state index < -0.39 is 0 Å². The number of halogens is 1. The third-order valence-corrected chi connectivity index (χ3v) is 5.30. The minimum Gasteiger partial charge on any atom is -0.287 e. The topological polar surface area (TPSA) is 17.1 Å². The number of carbonyl (C=O) groups is 1. The average molecular weight is 301 g/mol. The summed E-state index contributed by atoms with van der Waals surface area (Å²) in [4.78, 5) is 14.9. The first-order valence-electron chi connectivity index (χ1n) is 4.44. The van der Waals surface area contributed by atoms with Crippen LogP contribution >= 0.6 is 38.6 Å². The van der Waals surface area contributed by atoms with Crippen LogP contribution in [0.25, 0.3) is 0 Å². The lowest BCUT2D eigenvalue weighted by Gasteiger charge is -1.94. The number of thiophene rings is 2. The van der Waals surface area contributed by atoms with Gasteiger partial charge in [0.05, 0.1) is 9.75 Å². The van der Waals surface area contributed by atoms with Crippen molar-refractivity contribution in [1.29, 1.82) is 0 Å². The highest BCUT2D eigenvalue weighted by molar-refractivity contribution is 9.10. The van der Waals surface area contributed by atoms with Gasteiger partial charge in [0.2, 0.25) is 5.78 Å². The molecule has 0 saturated heterocycles. The molecule has 0 aliphatic heterocycles. The molecule has 0 spiro atoms. The zero-order valence-corrected chi connectivity index (χ0v) is 11.6. The summed E-state index contributed by atoms with van der Waals surface area (Å²) in [6.45, 7) is 3.98. The lowest BCUT2D eigenvalue weighted by atomic mass is 10.2. The molecular weight excluding hydrogens is 292 g/mol. The number of hydrogen-bond acceptors (Lipinski definition) is 3. The summed E-state index contributed by atoms with van der Waals surface area (Å²) < 4.78 is 1.02. The second kappa shape index (κ2) is 4.20. The molecule has 0 fully saturated rings. The molecule has 0 radical (unpaired) electrons. The Kier molecular flexibility index (Phi) is 3.09. The smallest absolute Gasteiger partial charge is 0.213 e. The van der Waals surface area contributed by atoms with Crippen LogP contribution < -0.4 is 0 Å². The van der Waals surface area contributed by atoms with Crippen LogP contribution in [0.4, 0.5) is 0 Å². The molecule has 2 aromatic heterocycles. The van der Waals surface area contributed by atoms with Crippen molar-refractivity contribution in [3.63, 3.8) is 0 Å². The number of hydrogen-bond donors (Lipinski definition) is 0. The summed E-state index contributed by atoms with van der Waals surface area (Å²) in [5, 5.41) is 1.96. The number of aryl methyl sites for hydroxylation is 2. The molecule has 2 rings (SSSR count). The van der Waals surface area contributed by atoms with Crippen LogP contribution in [0.3, 0.4) is 0 Å². The SMILES string of the molecule is Cc1ccsc1C(=O)c1cc(Br)c(C)s1. The van der Waals surface area contributed by atoms with Crippen molar-refractivity contribution < 1.29 is 4.79 Å². The molecule has 0 bridgehead atoms. The van der Waals surface area contributed by atoms with Crippen molar-refractivity contribution in [3.05, 3.63) is 42.2 Å². The molecule has 15 heavy (non-hydrogen) atoms. The molecule has 0 amide bonds. The van der Waals surface area contributed by atoms with E-state index in [9.17, 15) is 4.79 Å². The van der Waals surface area contributed by atoms with E-state index in [2.05, 4.69) is 15.9 Å². The summed E-state index contributed by atoms with van der Waals surface area (Å²) in [5.74, 6) is 0.140. The van der Waals surface area contributed by atoms with E-state index in [1.807, 2.05) is 31.4 Å². The van der Waals surface area contributed by atoms with Crippen molar-refractivity contribution in [3.8, 4) is 0 Å². The maximum atomic E-state index is 12.1. The molecule has 0 aromatic carbocycles. The maximum Gasteiger partial charge on any atom is 0.213 e. The Labute approximate surface area is 105 Å². The summed E-state index contributed by atoms with van der Waals surface area (Å²) in [5.41, 5.74) is 1.06. The first-order valence-corrected chi connectivity index (χ1v) is 6.93. The van der Waals surface area contributed by atoms with Crippen molar-refractivity contribution in [2.75, 3.05) is 0 Å². The maximum absolute atomic E-state index is 12.1. The van der Waals surface area contributed by atoms with Gasteiger partial charge in [0.1, 0.15) is 0 Å². The molecule has 0 aliphatic rings. The van der Waals surface area contributed by atoms with Crippen molar-refractivity contribution in [2.24, 2.45) is 0 Å². The quantitative estimate of drug-likeness (QED) is 0.750. The highest BCUT2D eigenvalue weighted by atomic mass is 79.9. The Bertz CT molecular complexity index is 491. The lowest BCUT2D eigenvalue weighted by Crippen LogP contribution is -1.96. The number of ketones is 1. The van der Waals surface area contributed by atoms with E-state index in [1.165, 1.54) is 22.7 Å². The van der Waals surface area contributed by atoms with Gasteiger partial charge in [-0.2, -0.15) is 0 Å². The molecule has 0 saturated carbocycles. The van der Waals surface area contributed by atoms with Crippen LogP contribution in [0.15, 0.2) is 22.0 Å². The van der Waals surface area contributed by atoms with Gasteiger partial charge in [0.25, 0.3) is 0 Å². The van der Waals surface area contributed by atoms with Crippen LogP contribution in [-0.2, 0) is 0 Å². The van der Waals surface area contributed by atoms with Gasteiger partial charge in [0.15, 0.2) is 0 Å². The fraction of sp³-hybridized carbons (Fsp3) is 0.182. The van der Waals surface area contributed by atoms with Crippen molar-refractivity contribution in [2.45, 2.75) is 13.8 Å². The molecule has 0 aliphatic carbocycles. The summed E-state index contributed by atoms with van der Waals surface area (Å²) in [6, 6.07) is 3.88. The Hall–Kier alpha value is -0.450. The number of rotatable bonds is 2. The molecule has 2 aromatic rings. The molecule has 4 heteroatoms. The van der Waals surface area contributed by atoms with Gasteiger partial charge in [-0.05, 0) is 52.9 Å². The lowest BCUT2D eigenvalue weighted by molar-refractivity contribution is 0.104. The fourth-order valence-electron chi connectivity index (χ4n) is 1.29. The summed E-state index contributed by atoms with van der Waals surface area (Å²) in [7, 11) is 0. The molecule has 0 unspecified atom stereocenters. The molecule has 0 N–H and O–H groups in total. The average Bonchev–Trinajstić information content (AvgIpc) is 2.74. The highest BCUT2D eigenvalue weighted by Gasteiger charge is 2.16. The van der Waals surface area contributed by atoms with E-state index in [0.29, 0.717) is 0 Å². The number of carbonyl (C=O) groups excluding carboxylic acids is 1. The van der Waals surface area contributed by atoms with Gasteiger partial charge in [-0.1, -0.05) is 0 Å². The first kappa shape index (κ1) is 11.0. The third-order valence-electron chi connectivity index (χ3n) is 2.15. The normalized spacial score (nSPS) is 10.6. The van der Waals surface area contributed by atoms with Crippen LogP contribution in [-0.4, -0.2) is 5.78 Å². The monoisotopic (exact) mass is 300 g/mol. The van der Waals surface area contributed by atoms with E-state index in [1.54, 1.807) is 0 Å². The second-order valence-electron chi connectivity index (χ2n) is 3.28.